The fourth-order valence-electron chi connectivity index (χ4n) is 2.56. The number of benzene rings is 2. The highest BCUT2D eigenvalue weighted by molar-refractivity contribution is 9.10. The molecule has 0 amide bonds. The smallest absolute Gasteiger partial charge is 0.163 e. The Balaban J connectivity index is 1.89. The average molecular weight is 368 g/mol. The first kappa shape index (κ1) is 14.1. The molecule has 0 fully saturated rings. The molecular weight excluding hydrogens is 357 g/mol. The van der Waals surface area contributed by atoms with Gasteiger partial charge in [0.15, 0.2) is 5.65 Å². The monoisotopic (exact) mass is 367 g/mol. The van der Waals surface area contributed by atoms with Gasteiger partial charge in [-0.3, -0.25) is 0 Å². The number of aromatic nitrogens is 3. The SMILES string of the molecule is Fc1ccc(-c2cnn3c(-c4ccc(Br)cc4)ccnc23)cc1. The molecule has 2 aromatic carbocycles. The van der Waals surface area contributed by atoms with Gasteiger partial charge in [-0.25, -0.2) is 13.9 Å². The maximum atomic E-state index is 13.1. The molecule has 0 spiro atoms. The van der Waals surface area contributed by atoms with E-state index in [1.54, 1.807) is 24.5 Å². The van der Waals surface area contributed by atoms with Gasteiger partial charge in [0.2, 0.25) is 0 Å². The molecule has 0 saturated carbocycles. The highest BCUT2D eigenvalue weighted by Gasteiger charge is 2.11. The summed E-state index contributed by atoms with van der Waals surface area (Å²) in [4.78, 5) is 4.44. The van der Waals surface area contributed by atoms with Crippen LogP contribution in [0.25, 0.3) is 28.0 Å². The van der Waals surface area contributed by atoms with Crippen LogP contribution in [0.15, 0.2) is 71.5 Å². The zero-order chi connectivity index (χ0) is 15.8. The fraction of sp³-hybridized carbons (Fsp3) is 0. The van der Waals surface area contributed by atoms with Crippen molar-refractivity contribution in [3.63, 3.8) is 0 Å². The zero-order valence-corrected chi connectivity index (χ0v) is 13.5. The first-order valence-corrected chi connectivity index (χ1v) is 7.86. The molecule has 112 valence electrons. The fourth-order valence-corrected chi connectivity index (χ4v) is 2.83. The van der Waals surface area contributed by atoms with Crippen LogP contribution >= 0.6 is 15.9 Å². The van der Waals surface area contributed by atoms with Crippen molar-refractivity contribution in [3.8, 4) is 22.4 Å². The summed E-state index contributed by atoms with van der Waals surface area (Å²) in [5.74, 6) is -0.256. The molecule has 0 aliphatic rings. The van der Waals surface area contributed by atoms with Crippen molar-refractivity contribution in [2.45, 2.75) is 0 Å². The second-order valence-electron chi connectivity index (χ2n) is 5.14. The molecule has 0 radical (unpaired) electrons. The summed E-state index contributed by atoms with van der Waals surface area (Å²) in [7, 11) is 0. The maximum Gasteiger partial charge on any atom is 0.163 e. The molecule has 3 nitrogen and oxygen atoms in total. The Morgan fingerprint density at radius 2 is 1.57 bits per heavy atom. The second-order valence-corrected chi connectivity index (χ2v) is 6.05. The van der Waals surface area contributed by atoms with Crippen molar-refractivity contribution < 1.29 is 4.39 Å². The molecular formula is C18H11BrFN3. The molecule has 23 heavy (non-hydrogen) atoms. The maximum absolute atomic E-state index is 13.1. The molecule has 0 aliphatic carbocycles. The van der Waals surface area contributed by atoms with Crippen LogP contribution < -0.4 is 0 Å². The van der Waals surface area contributed by atoms with Crippen molar-refractivity contribution in [2.24, 2.45) is 0 Å². The Bertz CT molecular complexity index is 976. The quantitative estimate of drug-likeness (QED) is 0.500. The van der Waals surface area contributed by atoms with Crippen molar-refractivity contribution >= 4 is 21.6 Å². The van der Waals surface area contributed by atoms with Gasteiger partial charge in [0, 0.05) is 21.8 Å². The highest BCUT2D eigenvalue weighted by Crippen LogP contribution is 2.27. The van der Waals surface area contributed by atoms with E-state index in [1.807, 2.05) is 34.8 Å². The summed E-state index contributed by atoms with van der Waals surface area (Å²) in [5.41, 5.74) is 4.52. The lowest BCUT2D eigenvalue weighted by Gasteiger charge is -2.05. The molecule has 2 heterocycles. The number of rotatable bonds is 2. The normalized spacial score (nSPS) is 11.0. The summed E-state index contributed by atoms with van der Waals surface area (Å²) < 4.78 is 16.0. The third-order valence-corrected chi connectivity index (χ3v) is 4.23. The first-order chi connectivity index (χ1) is 11.2. The van der Waals surface area contributed by atoms with E-state index in [2.05, 4.69) is 26.0 Å². The summed E-state index contributed by atoms with van der Waals surface area (Å²) >= 11 is 3.44. The number of nitrogens with zero attached hydrogens (tertiary/aromatic N) is 3. The molecule has 0 aliphatic heterocycles. The molecule has 4 rings (SSSR count). The Morgan fingerprint density at radius 3 is 2.30 bits per heavy atom. The first-order valence-electron chi connectivity index (χ1n) is 7.07. The minimum atomic E-state index is -0.256. The molecule has 0 N–H and O–H groups in total. The van der Waals surface area contributed by atoms with Crippen LogP contribution in [-0.2, 0) is 0 Å². The van der Waals surface area contributed by atoms with Crippen molar-refractivity contribution in [1.82, 2.24) is 14.6 Å². The van der Waals surface area contributed by atoms with E-state index in [0.717, 1.165) is 32.5 Å². The number of hydrogen-bond donors (Lipinski definition) is 0. The standard InChI is InChI=1S/C18H11BrFN3/c19-14-5-1-13(2-6-14)17-9-10-21-18-16(11-22-23(17)18)12-3-7-15(20)8-4-12/h1-11H. The van der Waals surface area contributed by atoms with E-state index in [1.165, 1.54) is 12.1 Å². The lowest BCUT2D eigenvalue weighted by Crippen LogP contribution is -1.95. The number of halogens is 2. The molecule has 4 aromatic rings. The van der Waals surface area contributed by atoms with Crippen molar-refractivity contribution in [3.05, 3.63) is 77.3 Å². The number of hydrogen-bond acceptors (Lipinski definition) is 2. The van der Waals surface area contributed by atoms with Gasteiger partial charge in [0.25, 0.3) is 0 Å². The molecule has 2 aromatic heterocycles. The van der Waals surface area contributed by atoms with Gasteiger partial charge >= 0.3 is 0 Å². The van der Waals surface area contributed by atoms with Crippen LogP contribution in [0.4, 0.5) is 4.39 Å². The molecule has 0 bridgehead atoms. The second kappa shape index (κ2) is 5.59. The summed E-state index contributed by atoms with van der Waals surface area (Å²) in [6.45, 7) is 0. The van der Waals surface area contributed by atoms with Gasteiger partial charge < -0.3 is 0 Å². The minimum Gasteiger partial charge on any atom is -0.236 e. The van der Waals surface area contributed by atoms with Crippen LogP contribution in [0.1, 0.15) is 0 Å². The topological polar surface area (TPSA) is 30.2 Å². The van der Waals surface area contributed by atoms with Gasteiger partial charge in [-0.15, -0.1) is 0 Å². The van der Waals surface area contributed by atoms with E-state index >= 15 is 0 Å². The Morgan fingerprint density at radius 1 is 0.870 bits per heavy atom. The predicted octanol–water partition coefficient (Wildman–Crippen LogP) is 4.96. The van der Waals surface area contributed by atoms with E-state index in [4.69, 9.17) is 0 Å². The zero-order valence-electron chi connectivity index (χ0n) is 11.9. The predicted molar refractivity (Wildman–Crippen MR) is 91.5 cm³/mol. The van der Waals surface area contributed by atoms with Crippen LogP contribution in [0.3, 0.4) is 0 Å². The third kappa shape index (κ3) is 2.53. The molecule has 0 unspecified atom stereocenters. The summed E-state index contributed by atoms with van der Waals surface area (Å²) in [6, 6.07) is 16.3. The summed E-state index contributed by atoms with van der Waals surface area (Å²) in [5, 5.41) is 4.46. The third-order valence-electron chi connectivity index (χ3n) is 3.70. The molecule has 0 atom stereocenters. The Labute approximate surface area is 140 Å². The van der Waals surface area contributed by atoms with Crippen LogP contribution in [-0.4, -0.2) is 14.6 Å². The van der Waals surface area contributed by atoms with Crippen molar-refractivity contribution in [1.29, 1.82) is 0 Å². The van der Waals surface area contributed by atoms with E-state index < -0.39 is 0 Å². The van der Waals surface area contributed by atoms with Crippen LogP contribution in [0.5, 0.6) is 0 Å². The largest absolute Gasteiger partial charge is 0.236 e. The summed E-state index contributed by atoms with van der Waals surface area (Å²) in [6.07, 6.45) is 3.53. The van der Waals surface area contributed by atoms with Gasteiger partial charge in [0.1, 0.15) is 5.82 Å². The lowest BCUT2D eigenvalue weighted by atomic mass is 10.1. The van der Waals surface area contributed by atoms with Crippen LogP contribution in [0, 0.1) is 5.82 Å². The highest BCUT2D eigenvalue weighted by atomic mass is 79.9. The Hall–Kier alpha value is -2.53. The van der Waals surface area contributed by atoms with E-state index in [-0.39, 0.29) is 5.82 Å². The number of fused-ring (bicyclic) bond motifs is 1. The van der Waals surface area contributed by atoms with E-state index in [9.17, 15) is 4.39 Å². The van der Waals surface area contributed by atoms with Gasteiger partial charge in [0.05, 0.1) is 11.9 Å². The van der Waals surface area contributed by atoms with E-state index in [0.29, 0.717) is 0 Å². The average Bonchev–Trinajstić information content (AvgIpc) is 3.00. The molecule has 5 heteroatoms. The Kier molecular flexibility index (Phi) is 3.42. The van der Waals surface area contributed by atoms with Crippen molar-refractivity contribution in [2.75, 3.05) is 0 Å². The molecule has 0 saturated heterocycles. The van der Waals surface area contributed by atoms with Gasteiger partial charge in [-0.2, -0.15) is 5.10 Å². The lowest BCUT2D eigenvalue weighted by molar-refractivity contribution is 0.628. The van der Waals surface area contributed by atoms with Gasteiger partial charge in [-0.1, -0.05) is 40.2 Å². The van der Waals surface area contributed by atoms with Gasteiger partial charge in [-0.05, 0) is 35.9 Å². The van der Waals surface area contributed by atoms with Crippen LogP contribution in [0.2, 0.25) is 0 Å². The minimum absolute atomic E-state index is 0.256.